The molecule has 0 spiro atoms. The van der Waals surface area contributed by atoms with Gasteiger partial charge in [-0.25, -0.2) is 4.79 Å². The molecular weight excluding hydrogens is 320 g/mol. The number of amides is 1. The molecule has 6 heteroatoms. The van der Waals surface area contributed by atoms with Gasteiger partial charge in [-0.1, -0.05) is 18.2 Å². The molecule has 0 saturated heterocycles. The van der Waals surface area contributed by atoms with Crippen LogP contribution in [0, 0.1) is 5.92 Å². The second kappa shape index (κ2) is 7.42. The molecule has 2 aromatic rings. The number of nitrogens with one attached hydrogen (secondary N) is 1. The molecule has 3 rings (SSSR count). The Morgan fingerprint density at radius 3 is 2.84 bits per heavy atom. The van der Waals surface area contributed by atoms with E-state index in [4.69, 9.17) is 4.74 Å². The normalized spacial score (nSPS) is 18.6. The van der Waals surface area contributed by atoms with Crippen LogP contribution in [0.3, 0.4) is 0 Å². The van der Waals surface area contributed by atoms with Crippen LogP contribution in [-0.2, 0) is 14.3 Å². The van der Waals surface area contributed by atoms with Crippen molar-refractivity contribution in [1.29, 1.82) is 0 Å². The first-order valence-corrected chi connectivity index (χ1v) is 8.34. The number of ketones is 1. The molecule has 1 fully saturated rings. The number of fused-ring (bicyclic) bond motifs is 1. The van der Waals surface area contributed by atoms with Crippen molar-refractivity contribution in [3.63, 3.8) is 0 Å². The van der Waals surface area contributed by atoms with Crippen LogP contribution in [0.5, 0.6) is 0 Å². The summed E-state index contributed by atoms with van der Waals surface area (Å²) in [6, 6.07) is 8.12. The van der Waals surface area contributed by atoms with Gasteiger partial charge >= 0.3 is 5.97 Å². The number of Topliss-reactive ketones (excluding diaryl/α,β-unsaturated/α-hetero) is 1. The quantitative estimate of drug-likeness (QED) is 0.863. The lowest BCUT2D eigenvalue weighted by molar-refractivity contribution is -0.145. The zero-order valence-electron chi connectivity index (χ0n) is 14.0. The van der Waals surface area contributed by atoms with Gasteiger partial charge in [-0.2, -0.15) is 0 Å². The predicted octanol–water partition coefficient (Wildman–Crippen LogP) is 2.27. The average Bonchev–Trinajstić information content (AvgIpc) is 2.64. The molecular formula is C19H20N2O4. The maximum Gasteiger partial charge on any atom is 0.328 e. The number of hydrogen-bond donors (Lipinski definition) is 1. The van der Waals surface area contributed by atoms with Crippen molar-refractivity contribution >= 4 is 28.6 Å². The van der Waals surface area contributed by atoms with Crippen LogP contribution >= 0.6 is 0 Å². The van der Waals surface area contributed by atoms with Gasteiger partial charge in [0.05, 0.1) is 18.2 Å². The number of aromatic nitrogens is 1. The van der Waals surface area contributed by atoms with E-state index in [0.717, 1.165) is 6.42 Å². The number of benzene rings is 1. The third-order valence-corrected chi connectivity index (χ3v) is 4.63. The number of rotatable bonds is 4. The molecule has 1 N–H and O–H groups in total. The van der Waals surface area contributed by atoms with Crippen molar-refractivity contribution < 1.29 is 19.1 Å². The van der Waals surface area contributed by atoms with Gasteiger partial charge in [-0.15, -0.1) is 0 Å². The molecule has 25 heavy (non-hydrogen) atoms. The fourth-order valence-corrected chi connectivity index (χ4v) is 3.35. The summed E-state index contributed by atoms with van der Waals surface area (Å²) in [5, 5.41) is 3.49. The zero-order valence-corrected chi connectivity index (χ0v) is 14.0. The Bertz CT molecular complexity index is 813. The van der Waals surface area contributed by atoms with Crippen molar-refractivity contribution in [3.05, 3.63) is 42.1 Å². The highest BCUT2D eigenvalue weighted by Gasteiger charge is 2.34. The van der Waals surface area contributed by atoms with Crippen molar-refractivity contribution in [2.75, 3.05) is 7.11 Å². The third kappa shape index (κ3) is 3.68. The zero-order chi connectivity index (χ0) is 17.8. The standard InChI is InChI=1S/C19H20N2O4/c1-25-19(24)17(12-5-4-6-13(22)11-12)21-18(23)15-9-10-20-16-8-3-2-7-14(15)16/h2-3,7-10,12,17H,4-6,11H2,1H3,(H,21,23)/t12-,17+/m1/s1. The first-order valence-electron chi connectivity index (χ1n) is 8.34. The third-order valence-electron chi connectivity index (χ3n) is 4.63. The van der Waals surface area contributed by atoms with Gasteiger partial charge < -0.3 is 10.1 Å². The lowest BCUT2D eigenvalue weighted by atomic mass is 9.83. The molecule has 1 aromatic carbocycles. The van der Waals surface area contributed by atoms with Crippen molar-refractivity contribution in [2.24, 2.45) is 5.92 Å². The van der Waals surface area contributed by atoms with Gasteiger partial charge in [-0.05, 0) is 30.9 Å². The minimum Gasteiger partial charge on any atom is -0.467 e. The molecule has 1 amide bonds. The van der Waals surface area contributed by atoms with Crippen LogP contribution in [0.1, 0.15) is 36.0 Å². The second-order valence-electron chi connectivity index (χ2n) is 6.25. The van der Waals surface area contributed by atoms with Gasteiger partial charge in [0.15, 0.2) is 0 Å². The lowest BCUT2D eigenvalue weighted by Crippen LogP contribution is -2.48. The van der Waals surface area contributed by atoms with Gasteiger partial charge in [0.2, 0.25) is 0 Å². The molecule has 130 valence electrons. The first-order chi connectivity index (χ1) is 12.1. The highest BCUT2D eigenvalue weighted by atomic mass is 16.5. The molecule has 0 aliphatic heterocycles. The number of ether oxygens (including phenoxy) is 1. The maximum absolute atomic E-state index is 12.8. The summed E-state index contributed by atoms with van der Waals surface area (Å²) in [4.78, 5) is 41.0. The second-order valence-corrected chi connectivity index (χ2v) is 6.25. The van der Waals surface area contributed by atoms with Gasteiger partial charge in [-0.3, -0.25) is 14.6 Å². The van der Waals surface area contributed by atoms with E-state index in [2.05, 4.69) is 10.3 Å². The molecule has 0 bridgehead atoms. The van der Waals surface area contributed by atoms with Crippen molar-refractivity contribution in [1.82, 2.24) is 10.3 Å². The van der Waals surface area contributed by atoms with Crippen LogP contribution in [0.2, 0.25) is 0 Å². The Hall–Kier alpha value is -2.76. The number of pyridine rings is 1. The molecule has 1 aromatic heterocycles. The van der Waals surface area contributed by atoms with E-state index >= 15 is 0 Å². The average molecular weight is 340 g/mol. The maximum atomic E-state index is 12.8. The van der Waals surface area contributed by atoms with E-state index in [9.17, 15) is 14.4 Å². The molecule has 1 aliphatic rings. The van der Waals surface area contributed by atoms with Crippen molar-refractivity contribution in [2.45, 2.75) is 31.7 Å². The predicted molar refractivity (Wildman–Crippen MR) is 92.0 cm³/mol. The van der Waals surface area contributed by atoms with Gasteiger partial charge in [0, 0.05) is 24.4 Å². The fourth-order valence-electron chi connectivity index (χ4n) is 3.35. The van der Waals surface area contributed by atoms with Gasteiger partial charge in [0.25, 0.3) is 5.91 Å². The largest absolute Gasteiger partial charge is 0.467 e. The summed E-state index contributed by atoms with van der Waals surface area (Å²) in [5.41, 5.74) is 1.15. The number of hydrogen-bond acceptors (Lipinski definition) is 5. The summed E-state index contributed by atoms with van der Waals surface area (Å²) in [7, 11) is 1.29. The monoisotopic (exact) mass is 340 g/mol. The van der Waals surface area contributed by atoms with E-state index < -0.39 is 12.0 Å². The number of para-hydroxylation sites is 1. The molecule has 0 radical (unpaired) electrons. The van der Waals surface area contributed by atoms with Crippen molar-refractivity contribution in [3.8, 4) is 0 Å². The Labute approximate surface area is 145 Å². The summed E-state index contributed by atoms with van der Waals surface area (Å²) in [5.74, 6) is -1.00. The number of esters is 1. The van der Waals surface area contributed by atoms with Crippen LogP contribution in [0.25, 0.3) is 10.9 Å². The van der Waals surface area contributed by atoms with Crippen LogP contribution < -0.4 is 5.32 Å². The fraction of sp³-hybridized carbons (Fsp3) is 0.368. The Balaban J connectivity index is 1.87. The Morgan fingerprint density at radius 1 is 1.28 bits per heavy atom. The first kappa shape index (κ1) is 17.1. The highest BCUT2D eigenvalue weighted by Crippen LogP contribution is 2.26. The topological polar surface area (TPSA) is 85.4 Å². The number of nitrogens with zero attached hydrogens (tertiary/aromatic N) is 1. The molecule has 1 saturated carbocycles. The van der Waals surface area contributed by atoms with E-state index in [0.29, 0.717) is 29.3 Å². The van der Waals surface area contributed by atoms with E-state index in [-0.39, 0.29) is 24.0 Å². The molecule has 1 aliphatic carbocycles. The molecule has 0 unspecified atom stereocenters. The van der Waals surface area contributed by atoms with E-state index in [1.54, 1.807) is 12.3 Å². The minimum atomic E-state index is -0.825. The van der Waals surface area contributed by atoms with Crippen LogP contribution in [-0.4, -0.2) is 35.8 Å². The summed E-state index contributed by atoms with van der Waals surface area (Å²) >= 11 is 0. The number of carbonyl (C=O) groups is 3. The Morgan fingerprint density at radius 2 is 2.08 bits per heavy atom. The Kier molecular flexibility index (Phi) is 5.07. The summed E-state index contributed by atoms with van der Waals surface area (Å²) < 4.78 is 4.85. The number of carbonyl (C=O) groups excluding carboxylic acids is 3. The SMILES string of the molecule is COC(=O)[C@@H](NC(=O)c1ccnc2ccccc12)[C@@H]1CCCC(=O)C1. The van der Waals surface area contributed by atoms with Crippen LogP contribution in [0.15, 0.2) is 36.5 Å². The highest BCUT2D eigenvalue weighted by molar-refractivity contribution is 6.07. The minimum absolute atomic E-state index is 0.119. The van der Waals surface area contributed by atoms with E-state index in [1.807, 2.05) is 24.3 Å². The van der Waals surface area contributed by atoms with Crippen LogP contribution in [0.4, 0.5) is 0 Å². The summed E-state index contributed by atoms with van der Waals surface area (Å²) in [6.07, 6.45) is 3.83. The van der Waals surface area contributed by atoms with Gasteiger partial charge in [0.1, 0.15) is 11.8 Å². The molecule has 6 nitrogen and oxygen atoms in total. The molecule has 1 heterocycles. The number of methoxy groups -OCH3 is 1. The summed E-state index contributed by atoms with van der Waals surface area (Å²) in [6.45, 7) is 0. The van der Waals surface area contributed by atoms with E-state index in [1.165, 1.54) is 7.11 Å². The smallest absolute Gasteiger partial charge is 0.328 e. The lowest BCUT2D eigenvalue weighted by Gasteiger charge is -2.28. The molecule has 2 atom stereocenters.